The first-order valence-corrected chi connectivity index (χ1v) is 20.4. The smallest absolute Gasteiger partial charge is 0.214 e. The molecule has 0 fully saturated rings. The Balaban J connectivity index is 0.717. The summed E-state index contributed by atoms with van der Waals surface area (Å²) in [5, 5.41) is 2.12. The number of H-pyrrole nitrogens is 1. The molecule has 0 spiro atoms. The highest BCUT2D eigenvalue weighted by Crippen LogP contribution is 2.36. The number of imidazole rings is 1. The van der Waals surface area contributed by atoms with Gasteiger partial charge in [-0.1, -0.05) is 42.5 Å². The predicted octanol–water partition coefficient (Wildman–Crippen LogP) is 5.30. The van der Waals surface area contributed by atoms with Crippen molar-refractivity contribution in [3.8, 4) is 11.3 Å². The molecule has 320 valence electrons. The molecule has 0 atom stereocenters. The van der Waals surface area contributed by atoms with Gasteiger partial charge < -0.3 is 53.6 Å². The highest BCUT2D eigenvalue weighted by molar-refractivity contribution is 6.01. The Labute approximate surface area is 354 Å². The molecule has 3 heterocycles. The number of aryl methyl sites for hydroxylation is 1. The van der Waals surface area contributed by atoms with Gasteiger partial charge in [-0.15, -0.1) is 0 Å². The molecule has 0 saturated carbocycles. The van der Waals surface area contributed by atoms with Crippen molar-refractivity contribution >= 4 is 51.2 Å². The summed E-state index contributed by atoms with van der Waals surface area (Å²) in [6.45, 7) is 7.88. The number of nitrogens with two attached hydrogens (primary N) is 2. The van der Waals surface area contributed by atoms with Crippen molar-refractivity contribution in [1.29, 1.82) is 0 Å². The van der Waals surface area contributed by atoms with Crippen molar-refractivity contribution in [3.05, 3.63) is 124 Å². The fraction of sp³-hybridized carbons (Fsp3) is 0.326. The number of aromatic nitrogens is 2. The van der Waals surface area contributed by atoms with Gasteiger partial charge in [0.15, 0.2) is 11.0 Å². The van der Waals surface area contributed by atoms with Gasteiger partial charge in [-0.3, -0.25) is 9.59 Å². The number of aromatic amines is 1. The van der Waals surface area contributed by atoms with Gasteiger partial charge in [0, 0.05) is 42.0 Å². The van der Waals surface area contributed by atoms with Gasteiger partial charge in [0.2, 0.25) is 6.41 Å². The number of hydrazine groups is 1. The third-order valence-corrected chi connectivity index (χ3v) is 10.4. The zero-order valence-corrected chi connectivity index (χ0v) is 34.6. The summed E-state index contributed by atoms with van der Waals surface area (Å²) in [4.78, 5) is 36.3. The molecule has 15 heteroatoms. The van der Waals surface area contributed by atoms with E-state index in [1.165, 1.54) is 6.07 Å². The van der Waals surface area contributed by atoms with Crippen LogP contribution in [0, 0.1) is 6.92 Å². The Morgan fingerprint density at radius 2 is 1.39 bits per heavy atom. The molecule has 4 aromatic carbocycles. The highest BCUT2D eigenvalue weighted by atomic mass is 16.6. The molecule has 61 heavy (non-hydrogen) atoms. The third-order valence-electron chi connectivity index (χ3n) is 10.4. The number of fused-ring (bicyclic) bond motifs is 5. The quantitative estimate of drug-likeness (QED) is 0.0347. The third kappa shape index (κ3) is 10.6. The SMILES string of the molecule is Cc1nc2c(ccc3c(=O)cc(-c4ccc(N(C)CCOCCOCCOCCOCCOCCN(N)/C5=C(\N)c6ccccc6N(C=O)Cc6ccccc65)cc4)oc32)[nH]1. The number of nitrogens with zero attached hydrogens (tertiary/aromatic N) is 4. The zero-order chi connectivity index (χ0) is 42.6. The number of ether oxygens (including phenoxy) is 5. The number of anilines is 2. The van der Waals surface area contributed by atoms with Gasteiger partial charge in [0.1, 0.15) is 17.1 Å². The lowest BCUT2D eigenvalue weighted by Crippen LogP contribution is -2.36. The van der Waals surface area contributed by atoms with E-state index in [0.717, 1.165) is 51.4 Å². The van der Waals surface area contributed by atoms with E-state index in [-0.39, 0.29) is 5.43 Å². The van der Waals surface area contributed by atoms with E-state index < -0.39 is 0 Å². The number of para-hydroxylation sites is 1. The topological polar surface area (TPSA) is 184 Å². The van der Waals surface area contributed by atoms with E-state index in [4.69, 9.17) is 39.7 Å². The van der Waals surface area contributed by atoms with Crippen molar-refractivity contribution in [2.75, 3.05) is 96.0 Å². The average molecular weight is 832 g/mol. The van der Waals surface area contributed by atoms with E-state index >= 15 is 0 Å². The second kappa shape index (κ2) is 20.9. The summed E-state index contributed by atoms with van der Waals surface area (Å²) in [5.74, 6) is 7.85. The summed E-state index contributed by atoms with van der Waals surface area (Å²) >= 11 is 0. The van der Waals surface area contributed by atoms with Crippen molar-refractivity contribution in [2.24, 2.45) is 11.6 Å². The van der Waals surface area contributed by atoms with Crippen LogP contribution in [0.3, 0.4) is 0 Å². The molecule has 7 rings (SSSR count). The van der Waals surface area contributed by atoms with Gasteiger partial charge in [-0.25, -0.2) is 10.8 Å². The first-order valence-electron chi connectivity index (χ1n) is 20.4. The van der Waals surface area contributed by atoms with Gasteiger partial charge in [-0.2, -0.15) is 0 Å². The van der Waals surface area contributed by atoms with Crippen LogP contribution in [0.1, 0.15) is 22.5 Å². The fourth-order valence-corrected chi connectivity index (χ4v) is 7.20. The number of rotatable bonds is 22. The lowest BCUT2D eigenvalue weighted by atomic mass is 9.96. The number of likely N-dealkylation sites (N-methyl/N-ethyl adjacent to an activating group) is 1. The summed E-state index contributed by atoms with van der Waals surface area (Å²) in [5.41, 5.74) is 14.9. The van der Waals surface area contributed by atoms with Crippen LogP contribution >= 0.6 is 0 Å². The minimum Gasteiger partial charge on any atom is -0.453 e. The van der Waals surface area contributed by atoms with Crippen molar-refractivity contribution in [1.82, 2.24) is 15.0 Å². The van der Waals surface area contributed by atoms with Crippen LogP contribution in [-0.4, -0.2) is 108 Å². The lowest BCUT2D eigenvalue weighted by molar-refractivity contribution is -0.107. The molecule has 0 unspecified atom stereocenters. The maximum absolute atomic E-state index is 12.9. The van der Waals surface area contributed by atoms with Gasteiger partial charge in [0.25, 0.3) is 0 Å². The van der Waals surface area contributed by atoms with Crippen LogP contribution in [0.4, 0.5) is 11.4 Å². The summed E-state index contributed by atoms with van der Waals surface area (Å²) in [7, 11) is 2.00. The van der Waals surface area contributed by atoms with Crippen molar-refractivity contribution in [3.63, 3.8) is 0 Å². The Hall–Kier alpha value is -6.07. The number of nitrogens with one attached hydrogen (secondary N) is 1. The molecule has 1 aliphatic rings. The van der Waals surface area contributed by atoms with Gasteiger partial charge >= 0.3 is 0 Å². The largest absolute Gasteiger partial charge is 0.453 e. The van der Waals surface area contributed by atoms with Gasteiger partial charge in [0.05, 0.1) is 107 Å². The highest BCUT2D eigenvalue weighted by Gasteiger charge is 2.24. The Bertz CT molecular complexity index is 2480. The molecule has 0 aliphatic carbocycles. The van der Waals surface area contributed by atoms with Crippen molar-refractivity contribution in [2.45, 2.75) is 13.5 Å². The van der Waals surface area contributed by atoms with Crippen LogP contribution in [-0.2, 0) is 35.0 Å². The second-order valence-electron chi connectivity index (χ2n) is 14.5. The number of hydrogen-bond acceptors (Lipinski definition) is 13. The first kappa shape index (κ1) is 43.0. The normalized spacial score (nSPS) is 13.9. The summed E-state index contributed by atoms with van der Waals surface area (Å²) < 4.78 is 34.7. The molecule has 5 N–H and O–H groups in total. The minimum atomic E-state index is -0.104. The Morgan fingerprint density at radius 3 is 2.07 bits per heavy atom. The summed E-state index contributed by atoms with van der Waals surface area (Å²) in [6, 6.07) is 28.4. The number of hydrogen-bond donors (Lipinski definition) is 3. The number of benzene rings is 4. The maximum atomic E-state index is 12.9. The van der Waals surface area contributed by atoms with E-state index in [2.05, 4.69) is 14.9 Å². The van der Waals surface area contributed by atoms with Crippen LogP contribution in [0.5, 0.6) is 0 Å². The van der Waals surface area contributed by atoms with Crippen molar-refractivity contribution < 1.29 is 32.9 Å². The predicted molar refractivity (Wildman–Crippen MR) is 237 cm³/mol. The molecule has 6 aromatic rings. The van der Waals surface area contributed by atoms with Crippen LogP contribution in [0.2, 0.25) is 0 Å². The molecule has 0 bridgehead atoms. The number of carbonyl (C=O) groups is 1. The Morgan fingerprint density at radius 1 is 0.787 bits per heavy atom. The molecule has 0 saturated heterocycles. The standard InChI is InChI=1S/C46H53N7O8/c1-32-49-39-16-15-38-41(55)29-42(61-46(38)44(39)50-32)33-11-13-35(14-12-33)51(2)17-19-56-21-23-58-25-27-60-28-26-59-24-22-57-20-18-53(48)45-36-8-4-3-7-34(36)30-52(31-54)40-10-6-5-9-37(40)43(45)47/h3-16,29,31H,17-28,30,47-48H2,1-2H3,(H,49,50)/b45-43-. The molecule has 0 radical (unpaired) electrons. The van der Waals surface area contributed by atoms with Crippen LogP contribution in [0.15, 0.2) is 100 Å². The van der Waals surface area contributed by atoms with E-state index in [9.17, 15) is 9.59 Å². The number of amides is 1. The maximum Gasteiger partial charge on any atom is 0.214 e. The average Bonchev–Trinajstić information content (AvgIpc) is 3.67. The van der Waals surface area contributed by atoms with E-state index in [1.807, 2.05) is 92.8 Å². The Kier molecular flexibility index (Phi) is 14.8. The minimum absolute atomic E-state index is 0.104. The van der Waals surface area contributed by atoms with Crippen LogP contribution in [0.25, 0.3) is 44.7 Å². The first-order chi connectivity index (χ1) is 29.8. The second-order valence-corrected chi connectivity index (χ2v) is 14.5. The summed E-state index contributed by atoms with van der Waals surface area (Å²) in [6.07, 6.45) is 0.826. The molecular formula is C46H53N7O8. The van der Waals surface area contributed by atoms with Crippen LogP contribution < -0.4 is 26.8 Å². The molecule has 15 nitrogen and oxygen atoms in total. The fourth-order valence-electron chi connectivity index (χ4n) is 7.20. The zero-order valence-electron chi connectivity index (χ0n) is 34.6. The molecule has 1 amide bonds. The molecular weight excluding hydrogens is 779 g/mol. The number of carbonyl (C=O) groups excluding carboxylic acids is 1. The van der Waals surface area contributed by atoms with E-state index in [1.54, 1.807) is 16.0 Å². The van der Waals surface area contributed by atoms with Gasteiger partial charge in [-0.05, 0) is 55.0 Å². The molecule has 1 aliphatic heterocycles. The van der Waals surface area contributed by atoms with E-state index in [0.29, 0.717) is 119 Å². The molecule has 2 aromatic heterocycles. The monoisotopic (exact) mass is 831 g/mol. The lowest BCUT2D eigenvalue weighted by Gasteiger charge is -2.31.